The molecule has 43 heavy (non-hydrogen) atoms. The summed E-state index contributed by atoms with van der Waals surface area (Å²) in [5.74, 6) is -0.282. The van der Waals surface area contributed by atoms with Crippen molar-refractivity contribution in [1.29, 1.82) is 0 Å². The highest BCUT2D eigenvalue weighted by atomic mass is 16.5. The van der Waals surface area contributed by atoms with Gasteiger partial charge in [-0.2, -0.15) is 0 Å². The highest BCUT2D eigenvalue weighted by molar-refractivity contribution is 5.90. The van der Waals surface area contributed by atoms with Crippen LogP contribution in [0.25, 0.3) is 0 Å². The summed E-state index contributed by atoms with van der Waals surface area (Å²) in [7, 11) is 0. The highest BCUT2D eigenvalue weighted by Crippen LogP contribution is 2.28. The third kappa shape index (κ3) is 17.8. The van der Waals surface area contributed by atoms with Crippen molar-refractivity contribution in [3.05, 3.63) is 23.8 Å². The summed E-state index contributed by atoms with van der Waals surface area (Å²) < 4.78 is 11.2. The minimum Gasteiger partial charge on any atom is -0.455 e. The fourth-order valence-corrected chi connectivity index (χ4v) is 6.46. The Balaban J connectivity index is 1.38. The average molecular weight is 607 g/mol. The van der Waals surface area contributed by atoms with Crippen molar-refractivity contribution in [2.45, 2.75) is 205 Å². The van der Waals surface area contributed by atoms with E-state index in [0.29, 0.717) is 12.0 Å². The minimum absolute atomic E-state index is 0.133. The molecule has 0 saturated carbocycles. The van der Waals surface area contributed by atoms with Gasteiger partial charge >= 0.3 is 5.97 Å². The molecule has 2 aliphatic rings. The van der Waals surface area contributed by atoms with E-state index in [1.807, 2.05) is 13.0 Å². The number of esters is 1. The Hall–Kier alpha value is -1.21. The number of hydrogen-bond acceptors (Lipinski definition) is 6. The number of allylic oxidation sites excluding steroid dienone is 2. The van der Waals surface area contributed by atoms with Crippen LogP contribution < -0.4 is 0 Å². The average Bonchev–Trinajstić information content (AvgIpc) is 3.60. The Kier molecular flexibility index (Phi) is 21.3. The number of unbranched alkanes of at least 4 members (excludes halogenated alkanes) is 15. The van der Waals surface area contributed by atoms with Crippen LogP contribution in [0.1, 0.15) is 168 Å². The third-order valence-corrected chi connectivity index (χ3v) is 9.20. The van der Waals surface area contributed by atoms with Gasteiger partial charge in [-0.3, -0.25) is 0 Å². The lowest BCUT2D eigenvalue weighted by Crippen LogP contribution is -2.30. The van der Waals surface area contributed by atoms with E-state index in [2.05, 4.69) is 19.1 Å². The lowest BCUT2D eigenvalue weighted by molar-refractivity contribution is -0.139. The smallest absolute Gasteiger partial charge is 0.334 e. The molecule has 0 amide bonds. The van der Waals surface area contributed by atoms with E-state index in [4.69, 9.17) is 9.47 Å². The second-order valence-electron chi connectivity index (χ2n) is 13.3. The summed E-state index contributed by atoms with van der Waals surface area (Å²) in [5, 5.41) is 31.4. The predicted octanol–water partition coefficient (Wildman–Crippen LogP) is 8.65. The molecule has 0 aromatic rings. The van der Waals surface area contributed by atoms with Gasteiger partial charge in [-0.15, -0.1) is 0 Å². The maximum Gasteiger partial charge on any atom is 0.334 e. The van der Waals surface area contributed by atoms with Gasteiger partial charge < -0.3 is 24.8 Å². The van der Waals surface area contributed by atoms with Crippen LogP contribution in [0.15, 0.2) is 23.8 Å². The molecule has 0 unspecified atom stereocenters. The maximum absolute atomic E-state index is 11.6. The normalized spacial score (nSPS) is 22.7. The molecular weight excluding hydrogens is 540 g/mol. The first-order chi connectivity index (χ1) is 20.9. The molecule has 1 fully saturated rings. The summed E-state index contributed by atoms with van der Waals surface area (Å²) in [6.45, 7) is 4.10. The molecule has 3 N–H and O–H groups in total. The van der Waals surface area contributed by atoms with Crippen LogP contribution in [-0.2, 0) is 14.3 Å². The van der Waals surface area contributed by atoms with Crippen molar-refractivity contribution < 1.29 is 29.6 Å². The number of carbonyl (C=O) groups excluding carboxylic acids is 1. The highest BCUT2D eigenvalue weighted by Gasteiger charge is 2.34. The summed E-state index contributed by atoms with van der Waals surface area (Å²) in [4.78, 5) is 11.6. The maximum atomic E-state index is 11.6. The van der Waals surface area contributed by atoms with Crippen molar-refractivity contribution in [3.8, 4) is 0 Å². The monoisotopic (exact) mass is 606 g/mol. The van der Waals surface area contributed by atoms with Crippen LogP contribution in [0, 0.1) is 0 Å². The first-order valence-electron chi connectivity index (χ1n) is 18.2. The quantitative estimate of drug-likeness (QED) is 0.0492. The first kappa shape index (κ1) is 38.0. The fraction of sp³-hybridized carbons (Fsp3) is 0.865. The Morgan fingerprint density at radius 2 is 1.23 bits per heavy atom. The van der Waals surface area contributed by atoms with E-state index in [0.717, 1.165) is 70.6 Å². The molecule has 2 rings (SSSR count). The Bertz CT molecular complexity index is 764. The topological polar surface area (TPSA) is 96.2 Å². The third-order valence-electron chi connectivity index (χ3n) is 9.20. The summed E-state index contributed by atoms with van der Waals surface area (Å²) in [5.41, 5.74) is 0.615. The zero-order valence-corrected chi connectivity index (χ0v) is 27.7. The first-order valence-corrected chi connectivity index (χ1v) is 18.2. The summed E-state index contributed by atoms with van der Waals surface area (Å²) in [6, 6.07) is 0. The SMILES string of the molecule is CCCCCCCCCC/C=C\CC[C@H](O)[C@@H]1CC[C@H]([C@H](O)CCCCCCCCCC[C@@H](O)CC2=C[C@H](C)OC2=O)O1. The van der Waals surface area contributed by atoms with E-state index < -0.39 is 18.3 Å². The van der Waals surface area contributed by atoms with Gasteiger partial charge in [-0.05, 0) is 64.4 Å². The molecule has 0 spiro atoms. The Morgan fingerprint density at radius 3 is 1.81 bits per heavy atom. The summed E-state index contributed by atoms with van der Waals surface area (Å²) >= 11 is 0. The standard InChI is InChI=1S/C37H66O6/c1-3-4-5-6-7-8-9-10-11-15-18-21-24-33(39)35-26-27-36(43-35)34(40)25-22-19-16-13-12-14-17-20-23-32(38)29-31-28-30(2)42-37(31)41/h15,18,28,30,32-36,38-40H,3-14,16-17,19-27,29H2,1-2H3/b18-15-/t30-,32+,33-,34+,35-,36+/m0/s1. The second-order valence-corrected chi connectivity index (χ2v) is 13.3. The molecule has 0 aromatic heterocycles. The molecule has 1 saturated heterocycles. The van der Waals surface area contributed by atoms with Crippen molar-refractivity contribution in [1.82, 2.24) is 0 Å². The van der Waals surface area contributed by atoms with E-state index in [9.17, 15) is 20.1 Å². The van der Waals surface area contributed by atoms with Gasteiger partial charge in [0.1, 0.15) is 6.10 Å². The molecule has 2 aliphatic heterocycles. The van der Waals surface area contributed by atoms with Crippen LogP contribution in [0.2, 0.25) is 0 Å². The molecule has 2 heterocycles. The number of rotatable bonds is 27. The fourth-order valence-electron chi connectivity index (χ4n) is 6.46. The number of hydrogen-bond donors (Lipinski definition) is 3. The summed E-state index contributed by atoms with van der Waals surface area (Å²) in [6.07, 6.45) is 30.7. The largest absolute Gasteiger partial charge is 0.455 e. The predicted molar refractivity (Wildman–Crippen MR) is 176 cm³/mol. The molecule has 0 radical (unpaired) electrons. The van der Waals surface area contributed by atoms with Crippen LogP contribution in [0.5, 0.6) is 0 Å². The molecule has 6 heteroatoms. The van der Waals surface area contributed by atoms with E-state index in [1.54, 1.807) is 0 Å². The molecule has 250 valence electrons. The van der Waals surface area contributed by atoms with Gasteiger partial charge in [0.05, 0.1) is 30.5 Å². The lowest BCUT2D eigenvalue weighted by atomic mass is 10.00. The van der Waals surface area contributed by atoms with Gasteiger partial charge in [-0.1, -0.05) is 115 Å². The van der Waals surface area contributed by atoms with E-state index in [-0.39, 0.29) is 24.3 Å². The van der Waals surface area contributed by atoms with Crippen molar-refractivity contribution in [2.24, 2.45) is 0 Å². The van der Waals surface area contributed by atoms with Gasteiger partial charge in [-0.25, -0.2) is 4.79 Å². The zero-order chi connectivity index (χ0) is 31.1. The number of aliphatic hydroxyl groups excluding tert-OH is 3. The zero-order valence-electron chi connectivity index (χ0n) is 27.7. The van der Waals surface area contributed by atoms with E-state index >= 15 is 0 Å². The van der Waals surface area contributed by atoms with Gasteiger partial charge in [0.25, 0.3) is 0 Å². The van der Waals surface area contributed by atoms with Crippen LogP contribution in [-0.4, -0.2) is 57.9 Å². The van der Waals surface area contributed by atoms with Crippen molar-refractivity contribution >= 4 is 5.97 Å². The Labute approximate surface area is 263 Å². The van der Waals surface area contributed by atoms with Crippen molar-refractivity contribution in [3.63, 3.8) is 0 Å². The van der Waals surface area contributed by atoms with Gasteiger partial charge in [0.2, 0.25) is 0 Å². The number of carbonyl (C=O) groups is 1. The van der Waals surface area contributed by atoms with Gasteiger partial charge in [0.15, 0.2) is 0 Å². The van der Waals surface area contributed by atoms with E-state index in [1.165, 1.54) is 77.0 Å². The Morgan fingerprint density at radius 1 is 0.721 bits per heavy atom. The lowest BCUT2D eigenvalue weighted by Gasteiger charge is -2.22. The number of cyclic esters (lactones) is 1. The van der Waals surface area contributed by atoms with Crippen molar-refractivity contribution in [2.75, 3.05) is 0 Å². The second kappa shape index (κ2) is 24.1. The molecule has 0 bridgehead atoms. The number of ether oxygens (including phenoxy) is 2. The molecule has 6 atom stereocenters. The molecule has 0 aromatic carbocycles. The molecule has 0 aliphatic carbocycles. The minimum atomic E-state index is -0.464. The molecular formula is C37H66O6. The molecule has 6 nitrogen and oxygen atoms in total. The van der Waals surface area contributed by atoms with Crippen LogP contribution in [0.3, 0.4) is 0 Å². The van der Waals surface area contributed by atoms with Gasteiger partial charge in [0, 0.05) is 12.0 Å². The van der Waals surface area contributed by atoms with Crippen LogP contribution >= 0.6 is 0 Å². The number of aliphatic hydroxyl groups is 3. The van der Waals surface area contributed by atoms with Crippen LogP contribution in [0.4, 0.5) is 0 Å².